The summed E-state index contributed by atoms with van der Waals surface area (Å²) in [6.07, 6.45) is -4.73. The van der Waals surface area contributed by atoms with Crippen LogP contribution < -0.4 is 5.14 Å². The third kappa shape index (κ3) is 3.54. The van der Waals surface area contributed by atoms with E-state index in [9.17, 15) is 30.0 Å². The average Bonchev–Trinajstić information content (AvgIpc) is 2.45. The van der Waals surface area contributed by atoms with Crippen molar-refractivity contribution in [3.8, 4) is 0 Å². The van der Waals surface area contributed by atoms with Crippen LogP contribution >= 0.6 is 0 Å². The van der Waals surface area contributed by atoms with E-state index in [1.165, 1.54) is 12.1 Å². The molecule has 0 atom stereocenters. The Morgan fingerprint density at radius 2 is 1.39 bits per heavy atom. The number of hydrogen-bond donors (Lipinski definition) is 1. The molecule has 0 aliphatic carbocycles. The van der Waals surface area contributed by atoms with Gasteiger partial charge in [-0.1, -0.05) is 18.2 Å². The maximum absolute atomic E-state index is 12.7. The van der Waals surface area contributed by atoms with E-state index < -0.39 is 46.3 Å². The lowest BCUT2D eigenvalue weighted by Crippen LogP contribution is -2.17. The summed E-state index contributed by atoms with van der Waals surface area (Å²) < 4.78 is 86.1. The van der Waals surface area contributed by atoms with Crippen molar-refractivity contribution in [3.63, 3.8) is 0 Å². The zero-order valence-corrected chi connectivity index (χ0v) is 12.9. The quantitative estimate of drug-likeness (QED) is 0.902. The smallest absolute Gasteiger partial charge is 0.225 e. The third-order valence-corrected chi connectivity index (χ3v) is 5.82. The molecule has 0 heterocycles. The lowest BCUT2D eigenvalue weighted by molar-refractivity contribution is -0.137. The molecular weight excluding hydrogens is 355 g/mol. The van der Waals surface area contributed by atoms with Crippen LogP contribution in [0.2, 0.25) is 0 Å². The molecule has 2 N–H and O–H groups in total. The highest BCUT2D eigenvalue weighted by Gasteiger charge is 2.33. The molecule has 124 valence electrons. The number of sulfonamides is 1. The molecule has 5 nitrogen and oxygen atoms in total. The first-order valence-corrected chi connectivity index (χ1v) is 9.01. The normalized spacial score (nSPS) is 13.0. The van der Waals surface area contributed by atoms with Crippen molar-refractivity contribution in [1.29, 1.82) is 0 Å². The van der Waals surface area contributed by atoms with E-state index in [0.29, 0.717) is 12.1 Å². The summed E-state index contributed by atoms with van der Waals surface area (Å²) >= 11 is 0. The number of halogens is 3. The third-order valence-electron chi connectivity index (χ3n) is 2.92. The largest absolute Gasteiger partial charge is 0.416 e. The van der Waals surface area contributed by atoms with Gasteiger partial charge in [0.1, 0.15) is 4.90 Å². The van der Waals surface area contributed by atoms with Crippen LogP contribution in [0.1, 0.15) is 5.56 Å². The molecule has 0 unspecified atom stereocenters. The van der Waals surface area contributed by atoms with E-state index in [4.69, 9.17) is 5.14 Å². The predicted octanol–water partition coefficient (Wildman–Crippen LogP) is 2.19. The number of benzene rings is 2. The Hall–Kier alpha value is -1.91. The zero-order valence-electron chi connectivity index (χ0n) is 11.3. The number of sulfone groups is 1. The summed E-state index contributed by atoms with van der Waals surface area (Å²) in [4.78, 5) is -2.04. The number of hydrogen-bond acceptors (Lipinski definition) is 4. The van der Waals surface area contributed by atoms with Crippen LogP contribution in [0.3, 0.4) is 0 Å². The number of alkyl halides is 3. The van der Waals surface area contributed by atoms with Gasteiger partial charge >= 0.3 is 6.18 Å². The van der Waals surface area contributed by atoms with Crippen LogP contribution in [0.5, 0.6) is 0 Å². The molecule has 0 bridgehead atoms. The second-order valence-electron chi connectivity index (χ2n) is 4.52. The maximum Gasteiger partial charge on any atom is 0.416 e. The highest BCUT2D eigenvalue weighted by atomic mass is 32.2. The van der Waals surface area contributed by atoms with E-state index in [-0.39, 0.29) is 0 Å². The van der Waals surface area contributed by atoms with Gasteiger partial charge in [-0.05, 0) is 30.3 Å². The Balaban J connectivity index is 2.71. The van der Waals surface area contributed by atoms with Crippen molar-refractivity contribution >= 4 is 19.9 Å². The van der Waals surface area contributed by atoms with Crippen molar-refractivity contribution in [2.24, 2.45) is 5.14 Å². The molecule has 2 rings (SSSR count). The van der Waals surface area contributed by atoms with Crippen LogP contribution in [0.4, 0.5) is 13.2 Å². The first-order valence-electron chi connectivity index (χ1n) is 5.98. The van der Waals surface area contributed by atoms with Crippen LogP contribution in [-0.2, 0) is 26.0 Å². The topological polar surface area (TPSA) is 94.3 Å². The molecule has 0 amide bonds. The predicted molar refractivity (Wildman–Crippen MR) is 74.7 cm³/mol. The summed E-state index contributed by atoms with van der Waals surface area (Å²) in [5.41, 5.74) is -1.16. The molecule has 23 heavy (non-hydrogen) atoms. The Bertz CT molecular complexity index is 951. The van der Waals surface area contributed by atoms with Crippen molar-refractivity contribution in [1.82, 2.24) is 0 Å². The molecule has 0 saturated heterocycles. The van der Waals surface area contributed by atoms with Gasteiger partial charge in [-0.2, -0.15) is 13.2 Å². The second kappa shape index (κ2) is 5.62. The maximum atomic E-state index is 12.7. The Kier molecular flexibility index (Phi) is 4.26. The van der Waals surface area contributed by atoms with E-state index in [2.05, 4.69) is 0 Å². The fraction of sp³-hybridized carbons (Fsp3) is 0.0769. The van der Waals surface area contributed by atoms with Gasteiger partial charge in [-0.25, -0.2) is 22.0 Å². The van der Waals surface area contributed by atoms with E-state index in [0.717, 1.165) is 24.3 Å². The lowest BCUT2D eigenvalue weighted by atomic mass is 10.2. The molecule has 0 fully saturated rings. The molecule has 0 spiro atoms. The van der Waals surface area contributed by atoms with E-state index in [1.807, 2.05) is 0 Å². The molecular formula is C13H10F3NO4S2. The molecule has 2 aromatic rings. The summed E-state index contributed by atoms with van der Waals surface area (Å²) in [5.74, 6) is 0. The van der Waals surface area contributed by atoms with Gasteiger partial charge in [-0.3, -0.25) is 0 Å². The lowest BCUT2D eigenvalue weighted by Gasteiger charge is -2.11. The summed E-state index contributed by atoms with van der Waals surface area (Å²) in [5, 5.41) is 4.96. The average molecular weight is 365 g/mol. The van der Waals surface area contributed by atoms with Gasteiger partial charge in [-0.15, -0.1) is 0 Å². The molecule has 0 aliphatic rings. The number of primary sulfonamides is 1. The standard InChI is InChI=1S/C13H10F3NO4S2/c14-13(15,16)9-4-3-5-10(8-9)22(18,19)11-6-1-2-7-12(11)23(17,20)21/h1-8H,(H2,17,20,21). The van der Waals surface area contributed by atoms with Gasteiger partial charge in [0.2, 0.25) is 19.9 Å². The van der Waals surface area contributed by atoms with Crippen molar-refractivity contribution in [3.05, 3.63) is 54.1 Å². The van der Waals surface area contributed by atoms with E-state index in [1.54, 1.807) is 0 Å². The van der Waals surface area contributed by atoms with Gasteiger partial charge < -0.3 is 0 Å². The van der Waals surface area contributed by atoms with Crippen LogP contribution in [0, 0.1) is 0 Å². The summed E-state index contributed by atoms with van der Waals surface area (Å²) in [6, 6.07) is 7.46. The van der Waals surface area contributed by atoms with Crippen LogP contribution in [0.15, 0.2) is 63.2 Å². The fourth-order valence-electron chi connectivity index (χ4n) is 1.87. The SMILES string of the molecule is NS(=O)(=O)c1ccccc1S(=O)(=O)c1cccc(C(F)(F)F)c1. The first-order chi connectivity index (χ1) is 10.4. The summed E-state index contributed by atoms with van der Waals surface area (Å²) in [6.45, 7) is 0. The molecule has 0 aliphatic heterocycles. The Morgan fingerprint density at radius 1 is 0.826 bits per heavy atom. The van der Waals surface area contributed by atoms with Crippen molar-refractivity contribution in [2.75, 3.05) is 0 Å². The molecule has 0 aromatic heterocycles. The van der Waals surface area contributed by atoms with Gasteiger partial charge in [0.15, 0.2) is 0 Å². The highest BCUT2D eigenvalue weighted by Crippen LogP contribution is 2.33. The van der Waals surface area contributed by atoms with Gasteiger partial charge in [0.25, 0.3) is 0 Å². The number of rotatable bonds is 3. The minimum absolute atomic E-state index is 0.440. The van der Waals surface area contributed by atoms with Crippen molar-refractivity contribution in [2.45, 2.75) is 20.9 Å². The number of nitrogens with two attached hydrogens (primary N) is 1. The molecule has 10 heteroatoms. The van der Waals surface area contributed by atoms with Gasteiger partial charge in [0.05, 0.1) is 15.4 Å². The molecule has 2 aromatic carbocycles. The first kappa shape index (κ1) is 17.4. The second-order valence-corrected chi connectivity index (χ2v) is 7.97. The minimum Gasteiger partial charge on any atom is -0.225 e. The zero-order chi connectivity index (χ0) is 17.5. The molecule has 0 saturated carbocycles. The fourth-order valence-corrected chi connectivity index (χ4v) is 4.55. The van der Waals surface area contributed by atoms with Gasteiger partial charge in [0, 0.05) is 0 Å². The van der Waals surface area contributed by atoms with Crippen molar-refractivity contribution < 1.29 is 30.0 Å². The molecule has 0 radical (unpaired) electrons. The monoisotopic (exact) mass is 365 g/mol. The Labute approximate surface area is 130 Å². The highest BCUT2D eigenvalue weighted by molar-refractivity contribution is 7.93. The summed E-state index contributed by atoms with van der Waals surface area (Å²) in [7, 11) is -8.86. The van der Waals surface area contributed by atoms with Crippen LogP contribution in [-0.4, -0.2) is 16.8 Å². The van der Waals surface area contributed by atoms with Crippen LogP contribution in [0.25, 0.3) is 0 Å². The van der Waals surface area contributed by atoms with E-state index >= 15 is 0 Å². The Morgan fingerprint density at radius 3 is 1.91 bits per heavy atom. The minimum atomic E-state index is -4.73.